The third-order valence-electron chi connectivity index (χ3n) is 3.77. The summed E-state index contributed by atoms with van der Waals surface area (Å²) in [5, 5.41) is 0. The summed E-state index contributed by atoms with van der Waals surface area (Å²) in [4.78, 5) is 11.9. The zero-order valence-electron chi connectivity index (χ0n) is 14.1. The second kappa shape index (κ2) is 6.74. The van der Waals surface area contributed by atoms with E-state index in [2.05, 4.69) is 0 Å². The monoisotopic (exact) mass is 514 g/mol. The predicted molar refractivity (Wildman–Crippen MR) is 98.4 cm³/mol. The van der Waals surface area contributed by atoms with Gasteiger partial charge in [0.25, 0.3) is 0 Å². The minimum absolute atomic E-state index is 0.0652. The van der Waals surface area contributed by atoms with Crippen molar-refractivity contribution < 1.29 is 33.6 Å². The van der Waals surface area contributed by atoms with Crippen LogP contribution in [0.25, 0.3) is 0 Å². The van der Waals surface area contributed by atoms with E-state index in [4.69, 9.17) is 7.25 Å². The molecular weight excluding hydrogens is 500 g/mol. The number of benzene rings is 2. The Morgan fingerprint density at radius 2 is 1.59 bits per heavy atom. The van der Waals surface area contributed by atoms with Crippen molar-refractivity contribution >= 4 is 36.3 Å². The molecule has 1 heterocycles. The van der Waals surface area contributed by atoms with Crippen LogP contribution >= 0.6 is 20.2 Å². The van der Waals surface area contributed by atoms with E-state index < -0.39 is 51.0 Å². The van der Waals surface area contributed by atoms with Gasteiger partial charge in [-0.3, -0.25) is 0 Å². The molecule has 0 aliphatic carbocycles. The SMILES string of the molecule is CC1(C)OC(=O)c2ccccc2S(=O)(=O)OI(C(F)(F)F)c2ccccc21. The number of carbonyl (C=O) groups is 1. The van der Waals surface area contributed by atoms with Crippen molar-refractivity contribution in [3.63, 3.8) is 0 Å². The Morgan fingerprint density at radius 1 is 1.00 bits per heavy atom. The van der Waals surface area contributed by atoms with E-state index in [1.54, 1.807) is 0 Å². The molecule has 5 nitrogen and oxygen atoms in total. The third-order valence-corrected chi connectivity index (χ3v) is 10.6. The summed E-state index contributed by atoms with van der Waals surface area (Å²) in [6.45, 7) is 2.90. The van der Waals surface area contributed by atoms with Crippen molar-refractivity contribution in [1.82, 2.24) is 0 Å². The first-order chi connectivity index (χ1) is 12.4. The number of hydrogen-bond acceptors (Lipinski definition) is 5. The molecule has 0 radical (unpaired) electrons. The maximum absolute atomic E-state index is 13.8. The van der Waals surface area contributed by atoms with Crippen LogP contribution in [0.1, 0.15) is 29.8 Å². The van der Waals surface area contributed by atoms with E-state index in [0.717, 1.165) is 6.07 Å². The Kier molecular flexibility index (Phi) is 5.02. The molecule has 2 aromatic carbocycles. The van der Waals surface area contributed by atoms with Crippen molar-refractivity contribution in [1.29, 1.82) is 0 Å². The molecular formula is C17H14F3IO5S. The summed E-state index contributed by atoms with van der Waals surface area (Å²) in [6, 6.07) is 10.3. The Balaban J connectivity index is 2.33. The van der Waals surface area contributed by atoms with Crippen LogP contribution < -0.4 is 0 Å². The number of alkyl halides is 4. The Morgan fingerprint density at radius 3 is 2.26 bits per heavy atom. The fraction of sp³-hybridized carbons (Fsp3) is 0.235. The zero-order valence-corrected chi connectivity index (χ0v) is 17.1. The summed E-state index contributed by atoms with van der Waals surface area (Å²) in [5.74, 6) is -0.966. The van der Waals surface area contributed by atoms with E-state index in [1.807, 2.05) is 0 Å². The van der Waals surface area contributed by atoms with Gasteiger partial charge in [-0.2, -0.15) is 0 Å². The Labute approximate surface area is 161 Å². The fourth-order valence-electron chi connectivity index (χ4n) is 2.60. The Bertz CT molecular complexity index is 1000. The van der Waals surface area contributed by atoms with Crippen molar-refractivity contribution in [3.8, 4) is 0 Å². The molecule has 0 aromatic heterocycles. The van der Waals surface area contributed by atoms with E-state index in [0.29, 0.717) is 0 Å². The first kappa shape index (κ1) is 20.1. The standard InChI is InChI=1S/C17H14F3IO5S/c1-16(2)12-8-4-5-9-13(12)21(17(18,19)20)26-27(23,24)14-10-6-3-7-11(14)15(22)25-16/h3-10H,1-2H3. The number of esters is 1. The van der Waals surface area contributed by atoms with Crippen LogP contribution in [0, 0.1) is 3.57 Å². The van der Waals surface area contributed by atoms with E-state index in [-0.39, 0.29) is 14.7 Å². The summed E-state index contributed by atoms with van der Waals surface area (Å²) in [6.07, 6.45) is 0. The van der Waals surface area contributed by atoms with Gasteiger partial charge in [-0.05, 0) is 0 Å². The molecule has 1 aliphatic heterocycles. The molecule has 0 fully saturated rings. The molecule has 2 aromatic rings. The van der Waals surface area contributed by atoms with Crippen molar-refractivity contribution in [3.05, 3.63) is 63.2 Å². The van der Waals surface area contributed by atoms with Crippen LogP contribution in [0.3, 0.4) is 0 Å². The average Bonchev–Trinajstić information content (AvgIpc) is 2.58. The number of carbonyl (C=O) groups excluding carboxylic acids is 1. The van der Waals surface area contributed by atoms with Crippen molar-refractivity contribution in [2.24, 2.45) is 0 Å². The third kappa shape index (κ3) is 3.83. The minimum atomic E-state index is -4.86. The molecule has 0 atom stereocenters. The van der Waals surface area contributed by atoms with Crippen LogP contribution in [-0.4, -0.2) is 18.6 Å². The first-order valence-corrected chi connectivity index (χ1v) is 12.0. The van der Waals surface area contributed by atoms with Gasteiger partial charge in [0.15, 0.2) is 0 Å². The summed E-state index contributed by atoms with van der Waals surface area (Å²) >= 11 is -4.73. The van der Waals surface area contributed by atoms with Crippen LogP contribution in [-0.2, 0) is 23.0 Å². The van der Waals surface area contributed by atoms with Crippen LogP contribution in [0.2, 0.25) is 0 Å². The number of halogens is 4. The molecule has 0 N–H and O–H groups in total. The van der Waals surface area contributed by atoms with Crippen LogP contribution in [0.4, 0.5) is 13.2 Å². The number of hydrogen-bond donors (Lipinski definition) is 0. The topological polar surface area (TPSA) is 69.7 Å². The molecule has 0 amide bonds. The molecule has 0 saturated carbocycles. The molecule has 0 saturated heterocycles. The molecule has 0 spiro atoms. The summed E-state index contributed by atoms with van der Waals surface area (Å²) in [5.41, 5.74) is -1.73. The maximum atomic E-state index is 13.8. The van der Waals surface area contributed by atoms with E-state index in [9.17, 15) is 26.4 Å². The second-order valence-electron chi connectivity index (χ2n) is 6.07. The quantitative estimate of drug-likeness (QED) is 0.292. The van der Waals surface area contributed by atoms with Gasteiger partial charge in [-0.15, -0.1) is 0 Å². The van der Waals surface area contributed by atoms with Gasteiger partial charge in [0.05, 0.1) is 0 Å². The van der Waals surface area contributed by atoms with E-state index in [1.165, 1.54) is 56.3 Å². The van der Waals surface area contributed by atoms with Crippen LogP contribution in [0.15, 0.2) is 53.4 Å². The summed E-state index contributed by atoms with van der Waals surface area (Å²) < 4.78 is 71.6. The van der Waals surface area contributed by atoms with Crippen LogP contribution in [0.5, 0.6) is 0 Å². The number of rotatable bonds is 0. The number of fused-ring (bicyclic) bond motifs is 2. The van der Waals surface area contributed by atoms with Gasteiger partial charge < -0.3 is 0 Å². The normalized spacial score (nSPS) is 20.2. The molecule has 146 valence electrons. The van der Waals surface area contributed by atoms with Gasteiger partial charge in [-0.1, -0.05) is 0 Å². The van der Waals surface area contributed by atoms with Gasteiger partial charge in [0.1, 0.15) is 0 Å². The summed E-state index contributed by atoms with van der Waals surface area (Å²) in [7, 11) is -4.84. The van der Waals surface area contributed by atoms with Gasteiger partial charge in [0.2, 0.25) is 0 Å². The molecule has 0 unspecified atom stereocenters. The van der Waals surface area contributed by atoms with Gasteiger partial charge >= 0.3 is 162 Å². The Hall–Kier alpha value is -1.66. The average molecular weight is 514 g/mol. The fourth-order valence-corrected chi connectivity index (χ4v) is 9.38. The number of ether oxygens (including phenoxy) is 1. The molecule has 0 bridgehead atoms. The van der Waals surface area contributed by atoms with Gasteiger partial charge in [-0.25, -0.2) is 0 Å². The van der Waals surface area contributed by atoms with Crippen molar-refractivity contribution in [2.45, 2.75) is 28.5 Å². The number of cyclic esters (lactones) is 1. The molecule has 10 heteroatoms. The van der Waals surface area contributed by atoms with Gasteiger partial charge in [0, 0.05) is 0 Å². The molecule has 1 aliphatic rings. The zero-order chi connectivity index (χ0) is 20.0. The van der Waals surface area contributed by atoms with Crippen molar-refractivity contribution in [2.75, 3.05) is 0 Å². The molecule has 3 rings (SSSR count). The van der Waals surface area contributed by atoms with E-state index >= 15 is 0 Å². The predicted octanol–water partition coefficient (Wildman–Crippen LogP) is 4.61. The first-order valence-electron chi connectivity index (χ1n) is 7.57. The second-order valence-corrected chi connectivity index (χ2v) is 12.4. The molecule has 27 heavy (non-hydrogen) atoms.